The molecule has 6 nitrogen and oxygen atoms in total. The Hall–Kier alpha value is -4.06. The van der Waals surface area contributed by atoms with E-state index in [1.165, 1.54) is 0 Å². The molecule has 6 heteroatoms. The van der Waals surface area contributed by atoms with Gasteiger partial charge in [0.05, 0.1) is 13.2 Å². The van der Waals surface area contributed by atoms with Gasteiger partial charge < -0.3 is 19.5 Å². The summed E-state index contributed by atoms with van der Waals surface area (Å²) < 4.78 is 7.54. The number of nitrogens with one attached hydrogen (secondary N) is 1. The number of carbonyl (C=O) groups excluding carboxylic acids is 2. The number of benzene rings is 3. The second-order valence-electron chi connectivity index (χ2n) is 9.08. The predicted molar refractivity (Wildman–Crippen MR) is 136 cm³/mol. The van der Waals surface area contributed by atoms with Gasteiger partial charge in [-0.15, -0.1) is 0 Å². The minimum Gasteiger partial charge on any atom is -0.494 e. The molecule has 178 valence electrons. The molecule has 0 aliphatic carbocycles. The van der Waals surface area contributed by atoms with E-state index in [1.807, 2.05) is 103 Å². The molecule has 0 unspecified atom stereocenters. The topological polar surface area (TPSA) is 63.6 Å². The third-order valence-corrected chi connectivity index (χ3v) is 6.70. The maximum Gasteiger partial charge on any atom is 0.271 e. The quantitative estimate of drug-likeness (QED) is 0.426. The van der Waals surface area contributed by atoms with Crippen LogP contribution in [0.15, 0.2) is 84.9 Å². The zero-order valence-electron chi connectivity index (χ0n) is 20.0. The Labute approximate surface area is 205 Å². The second kappa shape index (κ2) is 9.29. The van der Waals surface area contributed by atoms with Gasteiger partial charge in [-0.05, 0) is 49.2 Å². The molecule has 1 atom stereocenters. The molecule has 2 heterocycles. The molecule has 0 saturated heterocycles. The normalized spacial score (nSPS) is 17.3. The fourth-order valence-electron chi connectivity index (χ4n) is 4.76. The van der Waals surface area contributed by atoms with Gasteiger partial charge in [-0.1, -0.05) is 60.7 Å². The van der Waals surface area contributed by atoms with Gasteiger partial charge in [0.15, 0.2) is 0 Å². The zero-order chi connectivity index (χ0) is 24.4. The summed E-state index contributed by atoms with van der Waals surface area (Å²) in [4.78, 5) is 29.3. The summed E-state index contributed by atoms with van der Waals surface area (Å²) >= 11 is 0. The molecule has 0 bridgehead atoms. The van der Waals surface area contributed by atoms with Crippen molar-refractivity contribution in [3.63, 3.8) is 0 Å². The number of hydrogen-bond donors (Lipinski definition) is 1. The van der Waals surface area contributed by atoms with Gasteiger partial charge in [0.1, 0.15) is 17.0 Å². The van der Waals surface area contributed by atoms with Crippen molar-refractivity contribution in [3.05, 3.63) is 102 Å². The Morgan fingerprint density at radius 3 is 2.43 bits per heavy atom. The molecule has 3 aromatic carbocycles. The number of para-hydroxylation sites is 1. The van der Waals surface area contributed by atoms with Crippen molar-refractivity contribution in [2.75, 3.05) is 6.61 Å². The van der Waals surface area contributed by atoms with Crippen LogP contribution in [-0.4, -0.2) is 33.4 Å². The smallest absolute Gasteiger partial charge is 0.271 e. The third-order valence-electron chi connectivity index (χ3n) is 6.70. The lowest BCUT2D eigenvalue weighted by Gasteiger charge is -2.44. The minimum absolute atomic E-state index is 0.154. The Morgan fingerprint density at radius 1 is 0.971 bits per heavy atom. The third kappa shape index (κ3) is 4.28. The van der Waals surface area contributed by atoms with Crippen molar-refractivity contribution in [1.29, 1.82) is 0 Å². The highest BCUT2D eigenvalue weighted by molar-refractivity contribution is 6.03. The van der Waals surface area contributed by atoms with E-state index in [4.69, 9.17) is 4.74 Å². The summed E-state index contributed by atoms with van der Waals surface area (Å²) in [6.07, 6.45) is 0. The van der Waals surface area contributed by atoms with Crippen molar-refractivity contribution >= 4 is 22.7 Å². The Bertz CT molecular complexity index is 1360. The molecule has 0 spiro atoms. The van der Waals surface area contributed by atoms with E-state index in [1.54, 1.807) is 4.90 Å². The molecule has 0 saturated carbocycles. The lowest BCUT2D eigenvalue weighted by Crippen LogP contribution is -2.63. The van der Waals surface area contributed by atoms with Gasteiger partial charge in [0.2, 0.25) is 5.91 Å². The predicted octanol–water partition coefficient (Wildman–Crippen LogP) is 4.77. The minimum atomic E-state index is -1.07. The van der Waals surface area contributed by atoms with Crippen molar-refractivity contribution < 1.29 is 14.3 Å². The molecule has 0 fully saturated rings. The standard InChI is InChI=1S/C29H29N3O3/c1-3-35-24-15-13-22(14-16-24)19-32-27(33)26-17-23-11-7-8-12-25(23)31(26)20-29(32,2)28(34)30-18-21-9-5-4-6-10-21/h4-17H,3,18-20H2,1-2H3,(H,30,34)/t29-/m1/s1. The first kappa shape index (κ1) is 22.7. The number of amides is 2. The van der Waals surface area contributed by atoms with E-state index in [2.05, 4.69) is 5.32 Å². The molecule has 1 N–H and O–H groups in total. The summed E-state index contributed by atoms with van der Waals surface area (Å²) in [5.74, 6) is 0.451. The molecule has 2 amide bonds. The van der Waals surface area contributed by atoms with Crippen molar-refractivity contribution in [2.45, 2.75) is 39.0 Å². The van der Waals surface area contributed by atoms with Crippen molar-refractivity contribution in [1.82, 2.24) is 14.8 Å². The average Bonchev–Trinajstić information content (AvgIpc) is 3.25. The Kier molecular flexibility index (Phi) is 6.03. The summed E-state index contributed by atoms with van der Waals surface area (Å²) in [6, 6.07) is 27.3. The van der Waals surface area contributed by atoms with Gasteiger partial charge in [0, 0.05) is 24.0 Å². The molecule has 1 aliphatic rings. The van der Waals surface area contributed by atoms with Crippen LogP contribution in [0, 0.1) is 0 Å². The van der Waals surface area contributed by atoms with E-state index in [-0.39, 0.29) is 11.8 Å². The van der Waals surface area contributed by atoms with Crippen LogP contribution in [0.1, 0.15) is 35.5 Å². The van der Waals surface area contributed by atoms with Crippen LogP contribution in [0.3, 0.4) is 0 Å². The molecule has 5 rings (SSSR count). The van der Waals surface area contributed by atoms with Crippen LogP contribution in [0.2, 0.25) is 0 Å². The number of nitrogens with zero attached hydrogens (tertiary/aromatic N) is 2. The highest BCUT2D eigenvalue weighted by atomic mass is 16.5. The van der Waals surface area contributed by atoms with E-state index >= 15 is 0 Å². The largest absolute Gasteiger partial charge is 0.494 e. The van der Waals surface area contributed by atoms with Gasteiger partial charge in [-0.25, -0.2) is 0 Å². The van der Waals surface area contributed by atoms with Crippen LogP contribution >= 0.6 is 0 Å². The summed E-state index contributed by atoms with van der Waals surface area (Å²) in [5, 5.41) is 4.07. The van der Waals surface area contributed by atoms with Crippen molar-refractivity contribution in [3.8, 4) is 5.75 Å². The number of aromatic nitrogens is 1. The first-order chi connectivity index (χ1) is 17.0. The average molecular weight is 468 g/mol. The summed E-state index contributed by atoms with van der Waals surface area (Å²) in [5.41, 5.74) is 2.44. The maximum absolute atomic E-state index is 13.9. The van der Waals surface area contributed by atoms with E-state index < -0.39 is 5.54 Å². The second-order valence-corrected chi connectivity index (χ2v) is 9.08. The fraction of sp³-hybridized carbons (Fsp3) is 0.241. The van der Waals surface area contributed by atoms with Gasteiger partial charge in [0.25, 0.3) is 5.91 Å². The SMILES string of the molecule is CCOc1ccc(CN2C(=O)c3cc4ccccc4n3C[C@]2(C)C(=O)NCc2ccccc2)cc1. The molecular formula is C29H29N3O3. The highest BCUT2D eigenvalue weighted by Crippen LogP contribution is 2.33. The summed E-state index contributed by atoms with van der Waals surface area (Å²) in [7, 11) is 0. The Morgan fingerprint density at radius 2 is 1.69 bits per heavy atom. The van der Waals surface area contributed by atoms with Crippen LogP contribution in [-0.2, 0) is 24.4 Å². The summed E-state index contributed by atoms with van der Waals surface area (Å²) in [6.45, 7) is 5.49. The number of ether oxygens (including phenoxy) is 1. The lowest BCUT2D eigenvalue weighted by molar-refractivity contribution is -0.133. The monoisotopic (exact) mass is 467 g/mol. The van der Waals surface area contributed by atoms with E-state index in [0.717, 1.165) is 27.8 Å². The van der Waals surface area contributed by atoms with E-state index in [9.17, 15) is 9.59 Å². The van der Waals surface area contributed by atoms with Crippen LogP contribution in [0.5, 0.6) is 5.75 Å². The number of rotatable bonds is 7. The number of carbonyl (C=O) groups is 2. The number of hydrogen-bond acceptors (Lipinski definition) is 3. The maximum atomic E-state index is 13.9. The van der Waals surface area contributed by atoms with Gasteiger partial charge in [-0.3, -0.25) is 9.59 Å². The zero-order valence-corrected chi connectivity index (χ0v) is 20.0. The molecule has 0 radical (unpaired) electrons. The van der Waals surface area contributed by atoms with Gasteiger partial charge in [-0.2, -0.15) is 0 Å². The van der Waals surface area contributed by atoms with Crippen LogP contribution in [0.25, 0.3) is 10.9 Å². The molecule has 4 aromatic rings. The lowest BCUT2D eigenvalue weighted by atomic mass is 9.93. The first-order valence-corrected chi connectivity index (χ1v) is 11.9. The van der Waals surface area contributed by atoms with Crippen LogP contribution < -0.4 is 10.1 Å². The van der Waals surface area contributed by atoms with Crippen molar-refractivity contribution in [2.24, 2.45) is 0 Å². The van der Waals surface area contributed by atoms with E-state index in [0.29, 0.717) is 31.9 Å². The highest BCUT2D eigenvalue weighted by Gasteiger charge is 2.47. The first-order valence-electron chi connectivity index (χ1n) is 11.9. The molecule has 1 aliphatic heterocycles. The fourth-order valence-corrected chi connectivity index (χ4v) is 4.76. The number of fused-ring (bicyclic) bond motifs is 3. The molecular weight excluding hydrogens is 438 g/mol. The molecule has 35 heavy (non-hydrogen) atoms. The molecule has 1 aromatic heterocycles. The van der Waals surface area contributed by atoms with Gasteiger partial charge >= 0.3 is 0 Å². The Balaban J connectivity index is 1.50. The van der Waals surface area contributed by atoms with Crippen LogP contribution in [0.4, 0.5) is 0 Å².